The van der Waals surface area contributed by atoms with Crippen molar-refractivity contribution >= 4 is 17.4 Å². The van der Waals surface area contributed by atoms with Crippen LogP contribution in [0.3, 0.4) is 0 Å². The first-order valence-corrected chi connectivity index (χ1v) is 6.14. The molecule has 1 amide bonds. The van der Waals surface area contributed by atoms with Crippen LogP contribution in [0, 0.1) is 11.3 Å². The molecule has 2 N–H and O–H groups in total. The fourth-order valence-corrected chi connectivity index (χ4v) is 1.71. The van der Waals surface area contributed by atoms with Crippen molar-refractivity contribution in [3.05, 3.63) is 53.7 Å². The Morgan fingerprint density at radius 3 is 2.70 bits per heavy atom. The van der Waals surface area contributed by atoms with Gasteiger partial charge in [-0.25, -0.2) is 4.98 Å². The number of nitrogens with zero attached hydrogens (tertiary/aromatic N) is 2. The molecule has 5 heteroatoms. The molecule has 0 aliphatic rings. The van der Waals surface area contributed by atoms with Crippen LogP contribution in [0.4, 0.5) is 11.5 Å². The largest absolute Gasteiger partial charge is 0.373 e. The van der Waals surface area contributed by atoms with Crippen molar-refractivity contribution in [2.24, 2.45) is 0 Å². The number of nitrogens with one attached hydrogen (secondary N) is 2. The summed E-state index contributed by atoms with van der Waals surface area (Å²) in [5.41, 5.74) is 2.15. The van der Waals surface area contributed by atoms with Gasteiger partial charge in [-0.2, -0.15) is 5.26 Å². The molecule has 0 atom stereocenters. The van der Waals surface area contributed by atoms with E-state index in [4.69, 9.17) is 5.26 Å². The summed E-state index contributed by atoms with van der Waals surface area (Å²) in [6.07, 6.45) is 1.95. The Hall–Kier alpha value is -2.87. The second-order valence-corrected chi connectivity index (χ2v) is 4.17. The van der Waals surface area contributed by atoms with Crippen molar-refractivity contribution < 1.29 is 4.79 Å². The minimum Gasteiger partial charge on any atom is -0.373 e. The lowest BCUT2D eigenvalue weighted by Gasteiger charge is -2.07. The van der Waals surface area contributed by atoms with Gasteiger partial charge >= 0.3 is 0 Å². The number of anilines is 2. The molecule has 0 aliphatic carbocycles. The number of benzene rings is 1. The van der Waals surface area contributed by atoms with Gasteiger partial charge in [-0.3, -0.25) is 4.79 Å². The van der Waals surface area contributed by atoms with Crippen molar-refractivity contribution in [3.63, 3.8) is 0 Å². The molecule has 1 heterocycles. The van der Waals surface area contributed by atoms with Crippen LogP contribution in [0.25, 0.3) is 0 Å². The highest BCUT2D eigenvalue weighted by atomic mass is 16.1. The molecule has 2 rings (SSSR count). The minimum atomic E-state index is -0.197. The average Bonchev–Trinajstić information content (AvgIpc) is 2.49. The lowest BCUT2D eigenvalue weighted by molar-refractivity contribution is 0.102. The van der Waals surface area contributed by atoms with Gasteiger partial charge in [0.2, 0.25) is 0 Å². The molecule has 0 bridgehead atoms. The maximum Gasteiger partial charge on any atom is 0.255 e. The smallest absolute Gasteiger partial charge is 0.255 e. The van der Waals surface area contributed by atoms with E-state index in [1.807, 2.05) is 12.1 Å². The molecular formula is C15H14N4O. The zero-order valence-corrected chi connectivity index (χ0v) is 11.1. The number of hydrogen-bond acceptors (Lipinski definition) is 4. The molecule has 1 aromatic carbocycles. The zero-order valence-electron chi connectivity index (χ0n) is 11.1. The van der Waals surface area contributed by atoms with Gasteiger partial charge in [-0.1, -0.05) is 12.1 Å². The highest BCUT2D eigenvalue weighted by Gasteiger charge is 2.07. The second kappa shape index (κ2) is 6.34. The number of pyridine rings is 1. The Labute approximate surface area is 117 Å². The van der Waals surface area contributed by atoms with Crippen molar-refractivity contribution in [3.8, 4) is 6.07 Å². The summed E-state index contributed by atoms with van der Waals surface area (Å²) >= 11 is 0. The van der Waals surface area contributed by atoms with Crippen molar-refractivity contribution in [2.75, 3.05) is 17.7 Å². The molecule has 0 spiro atoms. The maximum absolute atomic E-state index is 12.1. The van der Waals surface area contributed by atoms with E-state index >= 15 is 0 Å². The molecule has 5 nitrogen and oxygen atoms in total. The molecule has 0 aliphatic heterocycles. The quantitative estimate of drug-likeness (QED) is 0.891. The molecule has 2 aromatic rings. The van der Waals surface area contributed by atoms with E-state index in [0.29, 0.717) is 23.5 Å². The fourth-order valence-electron chi connectivity index (χ4n) is 1.71. The summed E-state index contributed by atoms with van der Waals surface area (Å²) in [6, 6.07) is 12.6. The lowest BCUT2D eigenvalue weighted by Crippen LogP contribution is -2.12. The number of aromatic nitrogens is 1. The van der Waals surface area contributed by atoms with Gasteiger partial charge in [-0.15, -0.1) is 0 Å². The summed E-state index contributed by atoms with van der Waals surface area (Å²) in [5, 5.41) is 14.3. The number of rotatable bonds is 4. The fraction of sp³-hybridized carbons (Fsp3) is 0.133. The van der Waals surface area contributed by atoms with Gasteiger partial charge in [0.1, 0.15) is 5.82 Å². The molecule has 20 heavy (non-hydrogen) atoms. The predicted molar refractivity (Wildman–Crippen MR) is 77.5 cm³/mol. The van der Waals surface area contributed by atoms with Gasteiger partial charge in [-0.05, 0) is 29.8 Å². The molecule has 0 saturated heterocycles. The Bertz CT molecular complexity index is 644. The minimum absolute atomic E-state index is 0.197. The van der Waals surface area contributed by atoms with Crippen LogP contribution in [0.1, 0.15) is 15.9 Å². The normalized spacial score (nSPS) is 9.60. The molecule has 0 radical (unpaired) electrons. The van der Waals surface area contributed by atoms with E-state index in [0.717, 1.165) is 5.56 Å². The van der Waals surface area contributed by atoms with Crippen LogP contribution in [0.15, 0.2) is 42.6 Å². The van der Waals surface area contributed by atoms with E-state index in [1.165, 1.54) is 0 Å². The van der Waals surface area contributed by atoms with E-state index in [9.17, 15) is 4.79 Å². The summed E-state index contributed by atoms with van der Waals surface area (Å²) in [5.74, 6) is 0.443. The number of carbonyl (C=O) groups is 1. The predicted octanol–water partition coefficient (Wildman–Crippen LogP) is 2.44. The SMILES string of the molecule is CNc1cc(C(=O)Nc2ccc(CC#N)cc2)ccn1. The first-order valence-electron chi connectivity index (χ1n) is 6.14. The van der Waals surface area contributed by atoms with Crippen LogP contribution in [0.5, 0.6) is 0 Å². The zero-order chi connectivity index (χ0) is 14.4. The van der Waals surface area contributed by atoms with Gasteiger partial charge in [0.05, 0.1) is 12.5 Å². The first-order chi connectivity index (χ1) is 9.72. The highest BCUT2D eigenvalue weighted by molar-refractivity contribution is 6.04. The lowest BCUT2D eigenvalue weighted by atomic mass is 10.1. The molecular weight excluding hydrogens is 252 g/mol. The van der Waals surface area contributed by atoms with Crippen molar-refractivity contribution in [1.82, 2.24) is 4.98 Å². The first kappa shape index (κ1) is 13.6. The molecule has 0 unspecified atom stereocenters. The van der Waals surface area contributed by atoms with Crippen LogP contribution in [-0.4, -0.2) is 17.9 Å². The van der Waals surface area contributed by atoms with Gasteiger partial charge in [0, 0.05) is 24.5 Å². The van der Waals surface area contributed by atoms with E-state index in [1.54, 1.807) is 37.5 Å². The van der Waals surface area contributed by atoms with Crippen LogP contribution in [-0.2, 0) is 6.42 Å². The van der Waals surface area contributed by atoms with Gasteiger partial charge < -0.3 is 10.6 Å². The average molecular weight is 266 g/mol. The number of amides is 1. The standard InChI is InChI=1S/C15H14N4O/c1-17-14-10-12(7-9-18-14)15(20)19-13-4-2-11(3-5-13)6-8-16/h2-5,7,9-10H,6H2,1H3,(H,17,18)(H,19,20). The monoisotopic (exact) mass is 266 g/mol. The van der Waals surface area contributed by atoms with Gasteiger partial charge in [0.25, 0.3) is 5.91 Å². The summed E-state index contributed by atoms with van der Waals surface area (Å²) in [4.78, 5) is 16.1. The number of nitriles is 1. The molecule has 100 valence electrons. The van der Waals surface area contributed by atoms with Crippen molar-refractivity contribution in [2.45, 2.75) is 6.42 Å². The summed E-state index contributed by atoms with van der Waals surface area (Å²) < 4.78 is 0. The third kappa shape index (κ3) is 3.33. The highest BCUT2D eigenvalue weighted by Crippen LogP contribution is 2.13. The third-order valence-corrected chi connectivity index (χ3v) is 2.77. The Kier molecular flexibility index (Phi) is 4.30. The molecule has 0 fully saturated rings. The van der Waals surface area contributed by atoms with Crippen LogP contribution >= 0.6 is 0 Å². The number of hydrogen-bond donors (Lipinski definition) is 2. The Morgan fingerprint density at radius 2 is 2.05 bits per heavy atom. The van der Waals surface area contributed by atoms with Gasteiger partial charge in [0.15, 0.2) is 0 Å². The van der Waals surface area contributed by atoms with E-state index in [2.05, 4.69) is 21.7 Å². The van der Waals surface area contributed by atoms with Crippen molar-refractivity contribution in [1.29, 1.82) is 5.26 Å². The Balaban J connectivity index is 2.09. The third-order valence-electron chi connectivity index (χ3n) is 2.77. The van der Waals surface area contributed by atoms with Crippen LogP contribution < -0.4 is 10.6 Å². The maximum atomic E-state index is 12.1. The molecule has 0 saturated carbocycles. The van der Waals surface area contributed by atoms with E-state index < -0.39 is 0 Å². The Morgan fingerprint density at radius 1 is 1.30 bits per heavy atom. The number of carbonyl (C=O) groups excluding carboxylic acids is 1. The molecule has 1 aromatic heterocycles. The van der Waals surface area contributed by atoms with Crippen LogP contribution in [0.2, 0.25) is 0 Å². The van der Waals surface area contributed by atoms with E-state index in [-0.39, 0.29) is 5.91 Å². The second-order valence-electron chi connectivity index (χ2n) is 4.17. The summed E-state index contributed by atoms with van der Waals surface area (Å²) in [6.45, 7) is 0. The summed E-state index contributed by atoms with van der Waals surface area (Å²) in [7, 11) is 1.75. The topological polar surface area (TPSA) is 77.8 Å².